The standard InChI is InChI=1S/C42H54N2O4/c1-43(2,31-39-33-45-41(47-39,35-21-11-7-12-22-35)36-23-13-8-14-24-36)29-19-5-6-20-30-44(3,4)32-40-34-46-42(48-40,37-25-15-9-16-26-37)38-27-17-10-18-28-38/h7-18,21-28,39-40H,5-6,19-20,29-34H2,1-4H3/q+2. The monoisotopic (exact) mass is 650 g/mol. The summed E-state index contributed by atoms with van der Waals surface area (Å²) in [5.41, 5.74) is 4.18. The van der Waals surface area contributed by atoms with Crippen molar-refractivity contribution in [3.05, 3.63) is 144 Å². The van der Waals surface area contributed by atoms with E-state index in [4.69, 9.17) is 18.9 Å². The summed E-state index contributed by atoms with van der Waals surface area (Å²) in [6.07, 6.45) is 4.93. The maximum absolute atomic E-state index is 6.80. The molecule has 2 aliphatic rings. The predicted octanol–water partition coefficient (Wildman–Crippen LogP) is 7.33. The Morgan fingerprint density at radius 1 is 0.458 bits per heavy atom. The lowest BCUT2D eigenvalue weighted by atomic mass is 9.97. The van der Waals surface area contributed by atoms with Crippen LogP contribution in [-0.2, 0) is 30.5 Å². The third kappa shape index (κ3) is 8.08. The Bertz CT molecular complexity index is 1350. The zero-order chi connectivity index (χ0) is 33.5. The van der Waals surface area contributed by atoms with E-state index >= 15 is 0 Å². The van der Waals surface area contributed by atoms with Gasteiger partial charge in [-0.15, -0.1) is 0 Å². The number of ether oxygens (including phenoxy) is 4. The van der Waals surface area contributed by atoms with Gasteiger partial charge in [0.2, 0.25) is 11.6 Å². The van der Waals surface area contributed by atoms with Crippen molar-refractivity contribution in [3.8, 4) is 0 Å². The highest BCUT2D eigenvalue weighted by molar-refractivity contribution is 5.35. The van der Waals surface area contributed by atoms with Crippen LogP contribution < -0.4 is 0 Å². The first-order valence-corrected chi connectivity index (χ1v) is 17.7. The average Bonchev–Trinajstić information content (AvgIpc) is 3.73. The molecule has 0 N–H and O–H groups in total. The molecule has 0 aromatic heterocycles. The predicted molar refractivity (Wildman–Crippen MR) is 191 cm³/mol. The molecule has 0 spiro atoms. The number of likely N-dealkylation sites (N-methyl/N-ethyl adjacent to an activating group) is 2. The van der Waals surface area contributed by atoms with Gasteiger partial charge >= 0.3 is 0 Å². The topological polar surface area (TPSA) is 36.9 Å². The van der Waals surface area contributed by atoms with Crippen LogP contribution >= 0.6 is 0 Å². The van der Waals surface area contributed by atoms with Gasteiger partial charge in [-0.25, -0.2) is 0 Å². The van der Waals surface area contributed by atoms with E-state index in [9.17, 15) is 0 Å². The van der Waals surface area contributed by atoms with Crippen LogP contribution in [0.25, 0.3) is 0 Å². The summed E-state index contributed by atoms with van der Waals surface area (Å²) >= 11 is 0. The van der Waals surface area contributed by atoms with Crippen LogP contribution in [-0.4, -0.2) is 88.8 Å². The highest BCUT2D eigenvalue weighted by Gasteiger charge is 2.47. The summed E-state index contributed by atoms with van der Waals surface area (Å²) in [7, 11) is 9.29. The van der Waals surface area contributed by atoms with E-state index in [2.05, 4.69) is 125 Å². The minimum Gasteiger partial charge on any atom is -0.339 e. The maximum Gasteiger partial charge on any atom is 0.222 e. The fourth-order valence-corrected chi connectivity index (χ4v) is 7.49. The summed E-state index contributed by atoms with van der Waals surface area (Å²) < 4.78 is 28.5. The minimum atomic E-state index is -0.849. The Morgan fingerprint density at radius 3 is 1.04 bits per heavy atom. The van der Waals surface area contributed by atoms with E-state index in [0.29, 0.717) is 13.2 Å². The molecule has 2 aliphatic heterocycles. The molecule has 0 aliphatic carbocycles. The first-order valence-electron chi connectivity index (χ1n) is 17.7. The Balaban J connectivity index is 0.948. The number of hydrogen-bond donors (Lipinski definition) is 0. The highest BCUT2D eigenvalue weighted by Crippen LogP contribution is 2.42. The fourth-order valence-electron chi connectivity index (χ4n) is 7.49. The maximum atomic E-state index is 6.80. The molecular weight excluding hydrogens is 596 g/mol. The molecule has 0 amide bonds. The lowest BCUT2D eigenvalue weighted by Gasteiger charge is -2.34. The Kier molecular flexibility index (Phi) is 10.8. The van der Waals surface area contributed by atoms with Crippen LogP contribution in [0.15, 0.2) is 121 Å². The molecule has 2 saturated heterocycles. The van der Waals surface area contributed by atoms with Crippen LogP contribution in [0.2, 0.25) is 0 Å². The van der Waals surface area contributed by atoms with Gasteiger partial charge in [-0.1, -0.05) is 121 Å². The molecular formula is C42H54N2O4+2. The Labute approximate surface area is 288 Å². The van der Waals surface area contributed by atoms with Gasteiger partial charge in [0, 0.05) is 22.3 Å². The van der Waals surface area contributed by atoms with E-state index in [1.165, 1.54) is 25.7 Å². The second-order valence-corrected chi connectivity index (χ2v) is 14.9. The summed E-state index contributed by atoms with van der Waals surface area (Å²) in [5.74, 6) is -1.70. The molecule has 4 aromatic rings. The third-order valence-electron chi connectivity index (χ3n) is 9.90. The molecule has 0 radical (unpaired) electrons. The number of benzene rings is 4. The Morgan fingerprint density at radius 2 is 0.750 bits per heavy atom. The highest BCUT2D eigenvalue weighted by atomic mass is 16.8. The van der Waals surface area contributed by atoms with Crippen molar-refractivity contribution in [3.63, 3.8) is 0 Å². The van der Waals surface area contributed by atoms with Gasteiger partial charge in [0.25, 0.3) is 0 Å². The van der Waals surface area contributed by atoms with Gasteiger partial charge in [0.1, 0.15) is 25.3 Å². The van der Waals surface area contributed by atoms with Gasteiger partial charge in [0.15, 0.2) is 0 Å². The largest absolute Gasteiger partial charge is 0.339 e. The smallest absolute Gasteiger partial charge is 0.222 e. The van der Waals surface area contributed by atoms with E-state index in [0.717, 1.165) is 57.4 Å². The van der Waals surface area contributed by atoms with Crippen molar-refractivity contribution in [1.82, 2.24) is 0 Å². The SMILES string of the molecule is C[N+](C)(CCCCCC[N+](C)(C)CC1COC(c2ccccc2)(c2ccccc2)O1)CC1COC(c2ccccc2)(c2ccccc2)O1. The van der Waals surface area contributed by atoms with Crippen molar-refractivity contribution < 1.29 is 27.9 Å². The van der Waals surface area contributed by atoms with Crippen molar-refractivity contribution >= 4 is 0 Å². The zero-order valence-corrected chi connectivity index (χ0v) is 29.3. The summed E-state index contributed by atoms with van der Waals surface area (Å²) in [5, 5.41) is 0. The van der Waals surface area contributed by atoms with Gasteiger partial charge in [-0.05, 0) is 25.7 Å². The molecule has 0 saturated carbocycles. The van der Waals surface area contributed by atoms with Crippen molar-refractivity contribution in [1.29, 1.82) is 0 Å². The molecule has 2 atom stereocenters. The van der Waals surface area contributed by atoms with Gasteiger partial charge in [0.05, 0.1) is 54.5 Å². The average molecular weight is 651 g/mol. The molecule has 2 unspecified atom stereocenters. The van der Waals surface area contributed by atoms with Gasteiger partial charge in [-0.2, -0.15) is 0 Å². The summed E-state index contributed by atoms with van der Waals surface area (Å²) in [6.45, 7) is 5.26. The molecule has 2 fully saturated rings. The van der Waals surface area contributed by atoms with Crippen molar-refractivity contribution in [2.75, 3.05) is 67.6 Å². The molecule has 6 nitrogen and oxygen atoms in total. The van der Waals surface area contributed by atoms with Crippen LogP contribution in [0.3, 0.4) is 0 Å². The van der Waals surface area contributed by atoms with Crippen LogP contribution in [0.1, 0.15) is 47.9 Å². The number of rotatable bonds is 15. The normalized spacial score (nSPS) is 20.6. The van der Waals surface area contributed by atoms with Crippen LogP contribution in [0.4, 0.5) is 0 Å². The minimum absolute atomic E-state index is 0.0304. The van der Waals surface area contributed by atoms with Gasteiger partial charge < -0.3 is 27.9 Å². The quantitative estimate of drug-likeness (QED) is 0.0998. The zero-order valence-electron chi connectivity index (χ0n) is 29.3. The summed E-state index contributed by atoms with van der Waals surface area (Å²) in [4.78, 5) is 0. The van der Waals surface area contributed by atoms with E-state index in [-0.39, 0.29) is 12.2 Å². The Hall–Kier alpha value is -3.36. The van der Waals surface area contributed by atoms with E-state index < -0.39 is 11.6 Å². The molecule has 254 valence electrons. The number of hydrogen-bond acceptors (Lipinski definition) is 4. The van der Waals surface area contributed by atoms with Crippen LogP contribution in [0, 0.1) is 0 Å². The second kappa shape index (κ2) is 15.0. The summed E-state index contributed by atoms with van der Waals surface area (Å²) in [6, 6.07) is 41.4. The molecule has 6 rings (SSSR count). The molecule has 4 aromatic carbocycles. The molecule has 48 heavy (non-hydrogen) atoms. The first-order chi connectivity index (χ1) is 23.2. The van der Waals surface area contributed by atoms with Crippen molar-refractivity contribution in [2.45, 2.75) is 49.5 Å². The lowest BCUT2D eigenvalue weighted by molar-refractivity contribution is -0.894. The van der Waals surface area contributed by atoms with Crippen molar-refractivity contribution in [2.24, 2.45) is 0 Å². The third-order valence-corrected chi connectivity index (χ3v) is 9.90. The van der Waals surface area contributed by atoms with Gasteiger partial charge in [-0.3, -0.25) is 0 Å². The second-order valence-electron chi connectivity index (χ2n) is 14.9. The molecule has 2 heterocycles. The number of nitrogens with zero attached hydrogens (tertiary/aromatic N) is 2. The molecule has 6 heteroatoms. The fraction of sp³-hybridized carbons (Fsp3) is 0.429. The first kappa shape index (κ1) is 34.5. The molecule has 0 bridgehead atoms. The lowest BCUT2D eigenvalue weighted by Crippen LogP contribution is -2.47. The number of unbranched alkanes of at least 4 members (excludes halogenated alkanes) is 3. The number of quaternary nitrogens is 2. The van der Waals surface area contributed by atoms with E-state index in [1.807, 2.05) is 24.3 Å². The van der Waals surface area contributed by atoms with Crippen LogP contribution in [0.5, 0.6) is 0 Å². The van der Waals surface area contributed by atoms with E-state index in [1.54, 1.807) is 0 Å².